The van der Waals surface area contributed by atoms with Crippen LogP contribution < -0.4 is 5.73 Å². The Morgan fingerprint density at radius 3 is 2.83 bits per heavy atom. The fraction of sp³-hybridized carbons (Fsp3) is 0.286. The van der Waals surface area contributed by atoms with Crippen LogP contribution in [-0.4, -0.2) is 16.1 Å². The van der Waals surface area contributed by atoms with Gasteiger partial charge in [-0.25, -0.2) is 4.98 Å². The first-order chi connectivity index (χ1) is 8.66. The number of aliphatic carboxylic acids is 1. The van der Waals surface area contributed by atoms with Crippen molar-refractivity contribution in [3.8, 4) is 0 Å². The summed E-state index contributed by atoms with van der Waals surface area (Å²) >= 11 is 0. The molecule has 2 aromatic rings. The molecule has 4 nitrogen and oxygen atoms in total. The van der Waals surface area contributed by atoms with E-state index in [1.807, 2.05) is 30.3 Å². The van der Waals surface area contributed by atoms with Crippen LogP contribution in [0.5, 0.6) is 0 Å². The van der Waals surface area contributed by atoms with Crippen LogP contribution in [0.2, 0.25) is 0 Å². The quantitative estimate of drug-likeness (QED) is 0.793. The van der Waals surface area contributed by atoms with Gasteiger partial charge in [-0.1, -0.05) is 24.3 Å². The van der Waals surface area contributed by atoms with E-state index in [1.54, 1.807) is 0 Å². The summed E-state index contributed by atoms with van der Waals surface area (Å²) in [7, 11) is 0. The lowest BCUT2D eigenvalue weighted by atomic mass is 10.0. The van der Waals surface area contributed by atoms with Crippen molar-refractivity contribution in [3.63, 3.8) is 0 Å². The SMILES string of the molecule is Nc1cc2ccccc2c(CCCCC(=O)O)n1. The number of hydrogen-bond acceptors (Lipinski definition) is 3. The summed E-state index contributed by atoms with van der Waals surface area (Å²) in [6.45, 7) is 0. The Morgan fingerprint density at radius 1 is 1.28 bits per heavy atom. The van der Waals surface area contributed by atoms with E-state index in [1.165, 1.54) is 0 Å². The van der Waals surface area contributed by atoms with E-state index in [4.69, 9.17) is 10.8 Å². The zero-order valence-corrected chi connectivity index (χ0v) is 10.1. The van der Waals surface area contributed by atoms with Crippen LogP contribution in [-0.2, 0) is 11.2 Å². The normalized spacial score (nSPS) is 10.7. The fourth-order valence-electron chi connectivity index (χ4n) is 2.05. The van der Waals surface area contributed by atoms with Crippen molar-refractivity contribution < 1.29 is 9.90 Å². The molecule has 0 aliphatic carbocycles. The third kappa shape index (κ3) is 2.97. The van der Waals surface area contributed by atoms with Gasteiger partial charge in [-0.2, -0.15) is 0 Å². The number of unbranched alkanes of at least 4 members (excludes halogenated alkanes) is 1. The minimum absolute atomic E-state index is 0.209. The predicted octanol–water partition coefficient (Wildman–Crippen LogP) is 2.61. The Labute approximate surface area is 105 Å². The van der Waals surface area contributed by atoms with Crippen molar-refractivity contribution >= 4 is 22.6 Å². The maximum Gasteiger partial charge on any atom is 0.303 e. The zero-order valence-electron chi connectivity index (χ0n) is 10.1. The van der Waals surface area contributed by atoms with Crippen LogP contribution in [0.3, 0.4) is 0 Å². The van der Waals surface area contributed by atoms with Gasteiger partial charge in [-0.3, -0.25) is 4.79 Å². The van der Waals surface area contributed by atoms with Gasteiger partial charge in [0.25, 0.3) is 0 Å². The molecule has 0 aliphatic heterocycles. The number of rotatable bonds is 5. The number of aryl methyl sites for hydroxylation is 1. The molecule has 0 bridgehead atoms. The van der Waals surface area contributed by atoms with Crippen LogP contribution in [0.15, 0.2) is 30.3 Å². The molecule has 4 heteroatoms. The molecule has 0 amide bonds. The molecular weight excluding hydrogens is 228 g/mol. The number of hydrogen-bond donors (Lipinski definition) is 2. The van der Waals surface area contributed by atoms with Crippen molar-refractivity contribution in [1.29, 1.82) is 0 Å². The van der Waals surface area contributed by atoms with E-state index >= 15 is 0 Å². The van der Waals surface area contributed by atoms with Crippen LogP contribution in [0.1, 0.15) is 25.0 Å². The average molecular weight is 244 g/mol. The van der Waals surface area contributed by atoms with Crippen molar-refractivity contribution in [3.05, 3.63) is 36.0 Å². The number of carbonyl (C=O) groups is 1. The molecule has 1 aromatic carbocycles. The lowest BCUT2D eigenvalue weighted by Gasteiger charge is -2.06. The first-order valence-electron chi connectivity index (χ1n) is 6.03. The minimum atomic E-state index is -0.750. The van der Waals surface area contributed by atoms with Gasteiger partial charge < -0.3 is 10.8 Å². The molecule has 94 valence electrons. The number of pyridine rings is 1. The number of anilines is 1. The van der Waals surface area contributed by atoms with Gasteiger partial charge in [0.1, 0.15) is 5.82 Å². The highest BCUT2D eigenvalue weighted by Gasteiger charge is 2.05. The van der Waals surface area contributed by atoms with Gasteiger partial charge in [0.05, 0.1) is 5.69 Å². The summed E-state index contributed by atoms with van der Waals surface area (Å²) in [6.07, 6.45) is 2.45. The highest BCUT2D eigenvalue weighted by molar-refractivity contribution is 5.86. The monoisotopic (exact) mass is 244 g/mol. The number of fused-ring (bicyclic) bond motifs is 1. The van der Waals surface area contributed by atoms with Gasteiger partial charge in [-0.05, 0) is 30.7 Å². The largest absolute Gasteiger partial charge is 0.481 e. The number of nitrogens with zero attached hydrogens (tertiary/aromatic N) is 1. The Morgan fingerprint density at radius 2 is 2.06 bits per heavy atom. The Bertz CT molecular complexity index is 567. The van der Waals surface area contributed by atoms with Crippen LogP contribution in [0, 0.1) is 0 Å². The lowest BCUT2D eigenvalue weighted by Crippen LogP contribution is -1.99. The molecule has 18 heavy (non-hydrogen) atoms. The molecule has 3 N–H and O–H groups in total. The summed E-state index contributed by atoms with van der Waals surface area (Å²) in [5, 5.41) is 10.8. The molecule has 0 aliphatic rings. The Kier molecular flexibility index (Phi) is 3.77. The van der Waals surface area contributed by atoms with E-state index < -0.39 is 5.97 Å². The molecule has 2 rings (SSSR count). The summed E-state index contributed by atoms with van der Waals surface area (Å²) in [6, 6.07) is 9.83. The van der Waals surface area contributed by atoms with Gasteiger partial charge in [0, 0.05) is 11.8 Å². The van der Waals surface area contributed by atoms with Crippen LogP contribution in [0.4, 0.5) is 5.82 Å². The molecule has 0 radical (unpaired) electrons. The first kappa shape index (κ1) is 12.4. The number of nitrogen functional groups attached to an aromatic ring is 1. The minimum Gasteiger partial charge on any atom is -0.481 e. The number of benzene rings is 1. The Balaban J connectivity index is 2.14. The third-order valence-corrected chi connectivity index (χ3v) is 2.89. The molecule has 0 fully saturated rings. The second kappa shape index (κ2) is 5.49. The third-order valence-electron chi connectivity index (χ3n) is 2.89. The zero-order chi connectivity index (χ0) is 13.0. The smallest absolute Gasteiger partial charge is 0.303 e. The highest BCUT2D eigenvalue weighted by Crippen LogP contribution is 2.21. The molecule has 1 heterocycles. The molecule has 0 unspecified atom stereocenters. The van der Waals surface area contributed by atoms with E-state index in [2.05, 4.69) is 4.98 Å². The van der Waals surface area contributed by atoms with E-state index in [0.717, 1.165) is 29.3 Å². The summed E-state index contributed by atoms with van der Waals surface area (Å²) in [4.78, 5) is 14.8. The molecular formula is C14H16N2O2. The van der Waals surface area contributed by atoms with E-state index in [0.29, 0.717) is 12.2 Å². The van der Waals surface area contributed by atoms with Crippen molar-refractivity contribution in [2.75, 3.05) is 5.73 Å². The van der Waals surface area contributed by atoms with Gasteiger partial charge in [-0.15, -0.1) is 0 Å². The second-order valence-corrected chi connectivity index (χ2v) is 4.32. The fourth-order valence-corrected chi connectivity index (χ4v) is 2.05. The maximum atomic E-state index is 10.4. The summed E-state index contributed by atoms with van der Waals surface area (Å²) in [5.41, 5.74) is 6.73. The molecule has 0 spiro atoms. The standard InChI is InChI=1S/C14H16N2O2/c15-13-9-10-5-1-2-6-11(10)12(16-13)7-3-4-8-14(17)18/h1-2,5-6,9H,3-4,7-8H2,(H2,15,16)(H,17,18). The highest BCUT2D eigenvalue weighted by atomic mass is 16.4. The lowest BCUT2D eigenvalue weighted by molar-refractivity contribution is -0.137. The molecule has 0 atom stereocenters. The maximum absolute atomic E-state index is 10.4. The van der Waals surface area contributed by atoms with Crippen LogP contribution >= 0.6 is 0 Å². The van der Waals surface area contributed by atoms with Gasteiger partial charge >= 0.3 is 5.97 Å². The molecule has 1 aromatic heterocycles. The second-order valence-electron chi connectivity index (χ2n) is 4.32. The first-order valence-corrected chi connectivity index (χ1v) is 6.03. The number of carboxylic acid groups (broad SMARTS) is 1. The van der Waals surface area contributed by atoms with Gasteiger partial charge in [0.15, 0.2) is 0 Å². The number of nitrogens with two attached hydrogens (primary N) is 1. The topological polar surface area (TPSA) is 76.2 Å². The molecule has 0 saturated carbocycles. The predicted molar refractivity (Wildman–Crippen MR) is 71.3 cm³/mol. The number of aromatic nitrogens is 1. The average Bonchev–Trinajstić information content (AvgIpc) is 2.34. The Hall–Kier alpha value is -2.10. The van der Waals surface area contributed by atoms with Crippen molar-refractivity contribution in [2.45, 2.75) is 25.7 Å². The van der Waals surface area contributed by atoms with E-state index in [-0.39, 0.29) is 6.42 Å². The van der Waals surface area contributed by atoms with Crippen molar-refractivity contribution in [2.24, 2.45) is 0 Å². The van der Waals surface area contributed by atoms with E-state index in [9.17, 15) is 4.79 Å². The molecule has 0 saturated heterocycles. The summed E-state index contributed by atoms with van der Waals surface area (Å²) in [5.74, 6) is -0.234. The number of carboxylic acids is 1. The summed E-state index contributed by atoms with van der Waals surface area (Å²) < 4.78 is 0. The van der Waals surface area contributed by atoms with Crippen LogP contribution in [0.25, 0.3) is 10.8 Å². The van der Waals surface area contributed by atoms with Crippen molar-refractivity contribution in [1.82, 2.24) is 4.98 Å². The van der Waals surface area contributed by atoms with Gasteiger partial charge in [0.2, 0.25) is 0 Å².